The molecule has 0 fully saturated rings. The zero-order valence-corrected chi connectivity index (χ0v) is 12.0. The summed E-state index contributed by atoms with van der Waals surface area (Å²) < 4.78 is 46.9. The van der Waals surface area contributed by atoms with Crippen LogP contribution >= 0.6 is 49.2 Å². The molecular weight excluding hydrogens is 430 g/mol. The molecule has 0 N–H and O–H groups in total. The molecule has 0 radical (unpaired) electrons. The maximum atomic E-state index is 12.4. The van der Waals surface area contributed by atoms with Crippen molar-refractivity contribution >= 4 is 58.3 Å². The molecule has 1 heterocycles. The molecule has 0 aliphatic carbocycles. The molecule has 3 nitrogen and oxygen atoms in total. The van der Waals surface area contributed by atoms with E-state index in [9.17, 15) is 17.2 Å². The Morgan fingerprint density at radius 3 is 2.47 bits per heavy atom. The monoisotopic (exact) mass is 431 g/mol. The molecule has 1 aromatic rings. The second-order valence-electron chi connectivity index (χ2n) is 2.37. The Bertz CT molecular complexity index is 496. The fraction of sp³-hybridized carbons (Fsp3) is 0.167. The lowest BCUT2D eigenvalue weighted by molar-refractivity contribution is 0.144. The van der Waals surface area contributed by atoms with E-state index in [0.29, 0.717) is 0 Å². The predicted octanol–water partition coefficient (Wildman–Crippen LogP) is 3.31. The van der Waals surface area contributed by atoms with E-state index in [1.807, 2.05) is 0 Å². The third-order valence-corrected chi connectivity index (χ3v) is 5.10. The van der Waals surface area contributed by atoms with Crippen LogP contribution in [0.25, 0.3) is 0 Å². The highest BCUT2D eigenvalue weighted by Crippen LogP contribution is 2.34. The van der Waals surface area contributed by atoms with Gasteiger partial charge in [-0.25, -0.2) is 17.2 Å². The SMILES string of the molecule is O=S(=O)(Cl)c1c(Br)cnc(C(F)F)c1I. The Morgan fingerprint density at radius 1 is 1.53 bits per heavy atom. The van der Waals surface area contributed by atoms with E-state index in [1.54, 1.807) is 0 Å². The number of rotatable bonds is 2. The van der Waals surface area contributed by atoms with Crippen LogP contribution in [0.2, 0.25) is 0 Å². The summed E-state index contributed by atoms with van der Waals surface area (Å²) in [5.74, 6) is 0. The maximum absolute atomic E-state index is 12.4. The van der Waals surface area contributed by atoms with Gasteiger partial charge in [0, 0.05) is 16.9 Å². The fourth-order valence-electron chi connectivity index (χ4n) is 0.838. The molecule has 0 unspecified atom stereocenters. The standard InChI is InChI=1S/C6H2BrClF2INO2S/c7-2-1-12-4(6(9)10)3(11)5(2)15(8,13)14/h1,6H. The lowest BCUT2D eigenvalue weighted by Crippen LogP contribution is -2.03. The van der Waals surface area contributed by atoms with Crippen molar-refractivity contribution in [3.05, 3.63) is 19.9 Å². The van der Waals surface area contributed by atoms with E-state index in [-0.39, 0.29) is 12.9 Å². The average molecular weight is 432 g/mol. The van der Waals surface area contributed by atoms with Crippen molar-refractivity contribution < 1.29 is 17.2 Å². The lowest BCUT2D eigenvalue weighted by Gasteiger charge is -2.07. The van der Waals surface area contributed by atoms with Crippen molar-refractivity contribution in [2.45, 2.75) is 11.3 Å². The van der Waals surface area contributed by atoms with E-state index >= 15 is 0 Å². The van der Waals surface area contributed by atoms with Gasteiger partial charge < -0.3 is 0 Å². The van der Waals surface area contributed by atoms with Crippen LogP contribution in [0.4, 0.5) is 8.78 Å². The summed E-state index contributed by atoms with van der Waals surface area (Å²) in [4.78, 5) is 3.04. The van der Waals surface area contributed by atoms with Crippen LogP contribution in [-0.4, -0.2) is 13.4 Å². The van der Waals surface area contributed by atoms with Gasteiger partial charge in [0.25, 0.3) is 15.5 Å². The first kappa shape index (κ1) is 13.5. The van der Waals surface area contributed by atoms with Crippen LogP contribution in [0.5, 0.6) is 0 Å². The van der Waals surface area contributed by atoms with E-state index in [1.165, 1.54) is 22.6 Å². The quantitative estimate of drug-likeness (QED) is 0.532. The van der Waals surface area contributed by atoms with Gasteiger partial charge in [-0.15, -0.1) is 0 Å². The first-order valence-corrected chi connectivity index (χ1v) is 7.50. The molecule has 0 aromatic carbocycles. The molecule has 0 aliphatic heterocycles. The van der Waals surface area contributed by atoms with Crippen molar-refractivity contribution in [1.82, 2.24) is 4.98 Å². The van der Waals surface area contributed by atoms with Crippen molar-refractivity contribution in [3.63, 3.8) is 0 Å². The van der Waals surface area contributed by atoms with Crippen molar-refractivity contribution in [1.29, 1.82) is 0 Å². The van der Waals surface area contributed by atoms with Gasteiger partial charge in [0.2, 0.25) is 0 Å². The topological polar surface area (TPSA) is 47.0 Å². The Kier molecular flexibility index (Phi) is 4.29. The number of alkyl halides is 2. The van der Waals surface area contributed by atoms with E-state index in [2.05, 4.69) is 20.9 Å². The molecule has 9 heteroatoms. The van der Waals surface area contributed by atoms with Gasteiger partial charge in [-0.2, -0.15) is 0 Å². The van der Waals surface area contributed by atoms with Gasteiger partial charge in [-0.3, -0.25) is 4.98 Å². The molecule has 0 aliphatic rings. The number of aromatic nitrogens is 1. The smallest absolute Gasteiger partial charge is 0.253 e. The van der Waals surface area contributed by atoms with Gasteiger partial charge in [0.15, 0.2) is 0 Å². The van der Waals surface area contributed by atoms with Gasteiger partial charge in [-0.05, 0) is 38.5 Å². The zero-order chi connectivity index (χ0) is 11.8. The molecular formula is C6H2BrClF2INO2S. The Labute approximate surface area is 111 Å². The third-order valence-electron chi connectivity index (χ3n) is 1.41. The molecule has 0 bridgehead atoms. The van der Waals surface area contributed by atoms with Gasteiger partial charge >= 0.3 is 0 Å². The van der Waals surface area contributed by atoms with Crippen molar-refractivity contribution in [3.8, 4) is 0 Å². The summed E-state index contributed by atoms with van der Waals surface area (Å²) >= 11 is 4.36. The number of nitrogens with zero attached hydrogens (tertiary/aromatic N) is 1. The van der Waals surface area contributed by atoms with Crippen molar-refractivity contribution in [2.24, 2.45) is 0 Å². The average Bonchev–Trinajstić information content (AvgIpc) is 2.00. The molecule has 0 atom stereocenters. The maximum Gasteiger partial charge on any atom is 0.281 e. The number of hydrogen-bond donors (Lipinski definition) is 0. The van der Waals surface area contributed by atoms with Gasteiger partial charge in [-0.1, -0.05) is 0 Å². The van der Waals surface area contributed by atoms with Crippen molar-refractivity contribution in [2.75, 3.05) is 0 Å². The van der Waals surface area contributed by atoms with Crippen LogP contribution in [-0.2, 0) is 9.05 Å². The van der Waals surface area contributed by atoms with Crippen LogP contribution in [0.1, 0.15) is 12.1 Å². The van der Waals surface area contributed by atoms with E-state index in [0.717, 1.165) is 6.20 Å². The summed E-state index contributed by atoms with van der Waals surface area (Å²) in [6, 6.07) is 0. The molecule has 1 rings (SSSR count). The highest BCUT2D eigenvalue weighted by Gasteiger charge is 2.25. The lowest BCUT2D eigenvalue weighted by atomic mass is 10.4. The normalized spacial score (nSPS) is 12.1. The summed E-state index contributed by atoms with van der Waals surface area (Å²) in [5.41, 5.74) is -0.599. The van der Waals surface area contributed by atoms with Crippen LogP contribution in [0, 0.1) is 3.57 Å². The summed E-state index contributed by atoms with van der Waals surface area (Å²) in [5, 5.41) is 0. The number of pyridine rings is 1. The highest BCUT2D eigenvalue weighted by atomic mass is 127. The molecule has 0 amide bonds. The number of hydrogen-bond acceptors (Lipinski definition) is 3. The summed E-state index contributed by atoms with van der Waals surface area (Å²) in [6.45, 7) is 0. The molecule has 0 saturated heterocycles. The minimum atomic E-state index is -4.08. The van der Waals surface area contributed by atoms with Crippen LogP contribution in [0.15, 0.2) is 15.6 Å². The summed E-state index contributed by atoms with van der Waals surface area (Å²) in [7, 11) is 1.03. The minimum Gasteiger partial charge on any atom is -0.253 e. The van der Waals surface area contributed by atoms with E-state index < -0.39 is 21.2 Å². The first-order chi connectivity index (χ1) is 6.75. The largest absolute Gasteiger partial charge is 0.281 e. The Balaban J connectivity index is 3.59. The van der Waals surface area contributed by atoms with Crippen LogP contribution in [0.3, 0.4) is 0 Å². The second kappa shape index (κ2) is 4.76. The first-order valence-electron chi connectivity index (χ1n) is 3.32. The van der Waals surface area contributed by atoms with E-state index in [4.69, 9.17) is 10.7 Å². The summed E-state index contributed by atoms with van der Waals surface area (Å²) in [6.07, 6.45) is -1.86. The molecule has 1 aromatic heterocycles. The molecule has 0 saturated carbocycles. The predicted molar refractivity (Wildman–Crippen MR) is 62.6 cm³/mol. The molecule has 84 valence electrons. The Morgan fingerprint density at radius 2 is 2.07 bits per heavy atom. The zero-order valence-electron chi connectivity index (χ0n) is 6.72. The molecule has 15 heavy (non-hydrogen) atoms. The van der Waals surface area contributed by atoms with Gasteiger partial charge in [0.05, 0.1) is 8.04 Å². The molecule has 0 spiro atoms. The Hall–Kier alpha value is 0.460. The number of halogens is 5. The van der Waals surface area contributed by atoms with Gasteiger partial charge in [0.1, 0.15) is 10.6 Å². The fourth-order valence-corrected chi connectivity index (χ4v) is 5.44. The highest BCUT2D eigenvalue weighted by molar-refractivity contribution is 14.1. The third kappa shape index (κ3) is 2.98. The minimum absolute atomic E-state index is 0.0614. The van der Waals surface area contributed by atoms with Crippen LogP contribution < -0.4 is 0 Å². The second-order valence-corrected chi connectivity index (χ2v) is 6.81.